The Morgan fingerprint density at radius 3 is 2.18 bits per heavy atom. The van der Waals surface area contributed by atoms with Crippen LogP contribution in [0.1, 0.15) is 26.3 Å². The Labute approximate surface area is 209 Å². The maximum absolute atomic E-state index is 10.00. The van der Waals surface area contributed by atoms with Gasteiger partial charge in [-0.15, -0.1) is 0 Å². The van der Waals surface area contributed by atoms with Gasteiger partial charge >= 0.3 is 0 Å². The highest BCUT2D eigenvalue weighted by Crippen LogP contribution is 2.66. The fourth-order valence-electron chi connectivity index (χ4n) is 4.10. The second-order valence-electron chi connectivity index (χ2n) is 8.70. The third kappa shape index (κ3) is 6.14. The Bertz CT molecular complexity index is 906. The van der Waals surface area contributed by atoms with Crippen molar-refractivity contribution in [3.63, 3.8) is 0 Å². The molecule has 33 heavy (non-hydrogen) atoms. The van der Waals surface area contributed by atoms with Crippen molar-refractivity contribution in [2.75, 3.05) is 59.7 Å². The lowest BCUT2D eigenvalue weighted by atomic mass is 10.2. The number of halogens is 1. The van der Waals surface area contributed by atoms with Crippen LogP contribution in [0.25, 0.3) is 0 Å². The first-order valence-electron chi connectivity index (χ1n) is 10.9. The van der Waals surface area contributed by atoms with Crippen LogP contribution in [0.3, 0.4) is 0 Å². The van der Waals surface area contributed by atoms with E-state index in [0.717, 1.165) is 31.7 Å². The number of nitrogens with zero attached hydrogens (tertiary/aromatic N) is 4. The summed E-state index contributed by atoms with van der Waals surface area (Å²) in [6, 6.07) is 3.44. The van der Waals surface area contributed by atoms with Gasteiger partial charge in [0, 0.05) is 31.3 Å². The molecule has 2 aliphatic heterocycles. The molecule has 2 N–H and O–H groups in total. The van der Waals surface area contributed by atoms with E-state index >= 15 is 0 Å². The van der Waals surface area contributed by atoms with E-state index in [1.54, 1.807) is 18.3 Å². The smallest absolute Gasteiger partial charge is 0.214 e. The number of nitrogens with one attached hydrogen (secondary N) is 1. The highest BCUT2D eigenvalue weighted by molar-refractivity contribution is 9.10. The van der Waals surface area contributed by atoms with Gasteiger partial charge in [-0.25, -0.2) is 4.74 Å². The summed E-state index contributed by atoms with van der Waals surface area (Å²) >= 11 is 8.99. The van der Waals surface area contributed by atoms with E-state index in [4.69, 9.17) is 31.2 Å². The highest BCUT2D eigenvalue weighted by atomic mass is 79.9. The first-order valence-corrected chi connectivity index (χ1v) is 13.7. The lowest BCUT2D eigenvalue weighted by Gasteiger charge is -2.52. The number of hydrazone groups is 1. The van der Waals surface area contributed by atoms with E-state index in [2.05, 4.69) is 56.6 Å². The number of benzene rings is 1. The van der Waals surface area contributed by atoms with E-state index in [1.165, 1.54) is 7.11 Å². The van der Waals surface area contributed by atoms with Crippen LogP contribution in [0.4, 0.5) is 0 Å². The van der Waals surface area contributed by atoms with Crippen molar-refractivity contribution in [3.05, 3.63) is 22.2 Å². The summed E-state index contributed by atoms with van der Waals surface area (Å²) in [5.41, 5.74) is 3.68. The largest absolute Gasteiger partial charge is 0.503 e. The van der Waals surface area contributed by atoms with Crippen molar-refractivity contribution in [2.24, 2.45) is 9.85 Å². The molecular formula is C21H33BrN5O4PS. The summed E-state index contributed by atoms with van der Waals surface area (Å²) in [4.78, 5) is 0. The van der Waals surface area contributed by atoms with Gasteiger partial charge in [0.15, 0.2) is 11.5 Å². The third-order valence-corrected chi connectivity index (χ3v) is 11.1. The van der Waals surface area contributed by atoms with Gasteiger partial charge in [-0.2, -0.15) is 5.10 Å². The lowest BCUT2D eigenvalue weighted by Crippen LogP contribution is -2.48. The molecule has 0 radical (unpaired) electrons. The molecule has 0 saturated carbocycles. The molecule has 9 nitrogen and oxygen atoms in total. The summed E-state index contributed by atoms with van der Waals surface area (Å²) < 4.78 is 27.2. The molecule has 2 fully saturated rings. The first kappa shape index (κ1) is 26.5. The first-order chi connectivity index (χ1) is 15.7. The van der Waals surface area contributed by atoms with Crippen LogP contribution < -0.4 is 10.2 Å². The normalized spacial score (nSPS) is 18.9. The molecule has 3 rings (SSSR count). The summed E-state index contributed by atoms with van der Waals surface area (Å²) in [5, 5.41) is 14.5. The van der Waals surface area contributed by atoms with Crippen molar-refractivity contribution in [2.45, 2.75) is 25.9 Å². The molecule has 1 aromatic carbocycles. The Hall–Kier alpha value is -1.07. The summed E-state index contributed by atoms with van der Waals surface area (Å²) in [7, 11) is -0.731. The summed E-state index contributed by atoms with van der Waals surface area (Å²) in [5.74, 6) is 0.402. The zero-order valence-corrected chi connectivity index (χ0v) is 22.9. The molecule has 0 aliphatic carbocycles. The van der Waals surface area contributed by atoms with Gasteiger partial charge in [-0.3, -0.25) is 14.8 Å². The summed E-state index contributed by atoms with van der Waals surface area (Å²) in [6.07, 6.45) is 1.62. The maximum atomic E-state index is 10.00. The van der Waals surface area contributed by atoms with Crippen LogP contribution in [-0.4, -0.2) is 90.6 Å². The molecule has 0 aromatic heterocycles. The minimum Gasteiger partial charge on any atom is -0.503 e. The number of morpholine rings is 2. The van der Waals surface area contributed by atoms with Gasteiger partial charge in [0.05, 0.1) is 44.2 Å². The molecule has 0 spiro atoms. The standard InChI is InChI=1S/C21H33BrN5O4PS/c1-21(2,3)32(26-5-9-30-10-6-26,27-7-11-31-12-8-27)25-20(33)24-23-15-16-13-17(22)19(28)18(14-16)29-4/h13-15,28H,5-12H2,1-4H3,(H,24,33). The van der Waals surface area contributed by atoms with E-state index in [9.17, 15) is 5.11 Å². The quantitative estimate of drug-likeness (QED) is 0.242. The zero-order valence-electron chi connectivity index (χ0n) is 19.6. The number of rotatable bonds is 5. The summed E-state index contributed by atoms with van der Waals surface area (Å²) in [6.45, 7) is 12.7. The van der Waals surface area contributed by atoms with E-state index in [0.29, 0.717) is 41.8 Å². The number of phenols is 1. The van der Waals surface area contributed by atoms with Gasteiger partial charge in [0.2, 0.25) is 5.11 Å². The van der Waals surface area contributed by atoms with Crippen LogP contribution in [-0.2, 0) is 9.47 Å². The van der Waals surface area contributed by atoms with Crippen molar-refractivity contribution < 1.29 is 19.3 Å². The van der Waals surface area contributed by atoms with Crippen LogP contribution in [0.15, 0.2) is 26.5 Å². The number of hydrogen-bond acceptors (Lipinski definition) is 6. The SMILES string of the molecule is COc1cc(C=NNC(=S)N=P(N2CCOCC2)(N2CCOCC2)C(C)(C)C)cc(Br)c1O. The number of methoxy groups -OCH3 is 1. The van der Waals surface area contributed by atoms with Gasteiger partial charge in [-0.05, 0) is 45.8 Å². The fraction of sp³-hybridized carbons (Fsp3) is 0.619. The van der Waals surface area contributed by atoms with Gasteiger partial charge in [-0.1, -0.05) is 20.8 Å². The number of phenolic OH excluding ortho intramolecular Hbond substituents is 1. The second-order valence-corrected chi connectivity index (χ2v) is 13.8. The number of thiocarbonyl (C=S) groups is 1. The van der Waals surface area contributed by atoms with Crippen LogP contribution in [0.5, 0.6) is 11.5 Å². The van der Waals surface area contributed by atoms with Crippen molar-refractivity contribution in [1.82, 2.24) is 14.8 Å². The molecule has 0 amide bonds. The van der Waals surface area contributed by atoms with E-state index in [-0.39, 0.29) is 10.9 Å². The average molecular weight is 562 g/mol. The predicted octanol–water partition coefficient (Wildman–Crippen LogP) is 3.87. The Morgan fingerprint density at radius 2 is 1.70 bits per heavy atom. The highest BCUT2D eigenvalue weighted by Gasteiger charge is 2.45. The molecule has 184 valence electrons. The second kappa shape index (κ2) is 11.6. The van der Waals surface area contributed by atoms with Crippen LogP contribution in [0, 0.1) is 0 Å². The Morgan fingerprint density at radius 1 is 1.15 bits per heavy atom. The van der Waals surface area contributed by atoms with Crippen LogP contribution in [0.2, 0.25) is 0 Å². The Kier molecular flexibility index (Phi) is 9.31. The molecule has 12 heteroatoms. The van der Waals surface area contributed by atoms with Crippen LogP contribution >= 0.6 is 35.5 Å². The number of hydrogen-bond donors (Lipinski definition) is 2. The molecule has 2 saturated heterocycles. The minimum absolute atomic E-state index is 0.0453. The maximum Gasteiger partial charge on any atom is 0.214 e. The molecule has 0 atom stereocenters. The third-order valence-electron chi connectivity index (χ3n) is 5.54. The molecule has 2 aliphatic rings. The lowest BCUT2D eigenvalue weighted by molar-refractivity contribution is 0.0551. The predicted molar refractivity (Wildman–Crippen MR) is 140 cm³/mol. The monoisotopic (exact) mass is 561 g/mol. The van der Waals surface area contributed by atoms with E-state index in [1.807, 2.05) is 0 Å². The van der Waals surface area contributed by atoms with Crippen molar-refractivity contribution in [1.29, 1.82) is 0 Å². The molecule has 0 bridgehead atoms. The van der Waals surface area contributed by atoms with E-state index < -0.39 is 7.36 Å². The molecule has 1 aromatic rings. The fourth-order valence-corrected chi connectivity index (χ4v) is 9.31. The molecule has 2 heterocycles. The van der Waals surface area contributed by atoms with Gasteiger partial charge < -0.3 is 19.3 Å². The average Bonchev–Trinajstić information content (AvgIpc) is 2.80. The van der Waals surface area contributed by atoms with Crippen molar-refractivity contribution >= 4 is 46.8 Å². The van der Waals surface area contributed by atoms with Gasteiger partial charge in [0.25, 0.3) is 0 Å². The van der Waals surface area contributed by atoms with Gasteiger partial charge in [0.1, 0.15) is 7.36 Å². The molecular weight excluding hydrogens is 529 g/mol. The minimum atomic E-state index is -2.23. The number of ether oxygens (including phenoxy) is 3. The molecule has 0 unspecified atom stereocenters. The van der Waals surface area contributed by atoms with Crippen molar-refractivity contribution in [3.8, 4) is 11.5 Å². The Balaban J connectivity index is 1.90. The topological polar surface area (TPSA) is 91.2 Å². The number of aromatic hydroxyl groups is 1. The zero-order chi connectivity index (χ0) is 24.1.